The van der Waals surface area contributed by atoms with Crippen molar-refractivity contribution in [3.63, 3.8) is 0 Å². The number of aromatic carboxylic acids is 1. The third-order valence-corrected chi connectivity index (χ3v) is 2.69. The summed E-state index contributed by atoms with van der Waals surface area (Å²) in [6.07, 6.45) is 3.24. The number of pyridine rings is 1. The standard InChI is InChI=1S/C12H10BrN3O2/c13-7-3-9(6-15-5-7)16-11-4-8(14)1-2-10(11)12(17)18/h1-6,16H,14H2,(H,17,18). The lowest BCUT2D eigenvalue weighted by Gasteiger charge is -2.10. The normalized spacial score (nSPS) is 10.1. The smallest absolute Gasteiger partial charge is 0.337 e. The fourth-order valence-electron chi connectivity index (χ4n) is 1.49. The number of hydrogen-bond acceptors (Lipinski definition) is 4. The molecule has 92 valence electrons. The summed E-state index contributed by atoms with van der Waals surface area (Å²) in [5.74, 6) is -1.01. The lowest BCUT2D eigenvalue weighted by molar-refractivity contribution is 0.0698. The molecule has 0 saturated carbocycles. The van der Waals surface area contributed by atoms with E-state index >= 15 is 0 Å². The predicted octanol–water partition coefficient (Wildman–Crippen LogP) is 2.87. The highest BCUT2D eigenvalue weighted by Gasteiger charge is 2.10. The maximum Gasteiger partial charge on any atom is 0.337 e. The number of benzene rings is 1. The van der Waals surface area contributed by atoms with Crippen LogP contribution in [0.4, 0.5) is 17.1 Å². The van der Waals surface area contributed by atoms with Gasteiger partial charge in [0.1, 0.15) is 0 Å². The Hall–Kier alpha value is -2.08. The summed E-state index contributed by atoms with van der Waals surface area (Å²) in [7, 11) is 0. The van der Waals surface area contributed by atoms with Crippen molar-refractivity contribution in [3.05, 3.63) is 46.7 Å². The Morgan fingerprint density at radius 1 is 1.33 bits per heavy atom. The number of nitrogen functional groups attached to an aromatic ring is 1. The van der Waals surface area contributed by atoms with Gasteiger partial charge in [-0.3, -0.25) is 4.98 Å². The molecule has 6 heteroatoms. The lowest BCUT2D eigenvalue weighted by Crippen LogP contribution is -2.03. The fourth-order valence-corrected chi connectivity index (χ4v) is 1.85. The van der Waals surface area contributed by atoms with Crippen molar-refractivity contribution in [1.29, 1.82) is 0 Å². The van der Waals surface area contributed by atoms with E-state index in [-0.39, 0.29) is 5.56 Å². The highest BCUT2D eigenvalue weighted by Crippen LogP contribution is 2.24. The van der Waals surface area contributed by atoms with E-state index in [9.17, 15) is 4.79 Å². The van der Waals surface area contributed by atoms with Gasteiger partial charge in [-0.1, -0.05) is 0 Å². The largest absolute Gasteiger partial charge is 0.478 e. The molecule has 0 fully saturated rings. The summed E-state index contributed by atoms with van der Waals surface area (Å²) < 4.78 is 0.799. The molecule has 18 heavy (non-hydrogen) atoms. The van der Waals surface area contributed by atoms with Gasteiger partial charge < -0.3 is 16.2 Å². The van der Waals surface area contributed by atoms with Gasteiger partial charge in [0.25, 0.3) is 0 Å². The molecular formula is C12H10BrN3O2. The van der Waals surface area contributed by atoms with Crippen molar-refractivity contribution >= 4 is 39.0 Å². The molecule has 0 aliphatic heterocycles. The quantitative estimate of drug-likeness (QED) is 0.759. The second-order valence-electron chi connectivity index (χ2n) is 3.63. The summed E-state index contributed by atoms with van der Waals surface area (Å²) in [5, 5.41) is 12.1. The highest BCUT2D eigenvalue weighted by molar-refractivity contribution is 9.10. The van der Waals surface area contributed by atoms with Crippen LogP contribution in [-0.4, -0.2) is 16.1 Å². The molecule has 0 aliphatic rings. The van der Waals surface area contributed by atoms with E-state index in [1.807, 2.05) is 0 Å². The van der Waals surface area contributed by atoms with Crippen molar-refractivity contribution < 1.29 is 9.90 Å². The predicted molar refractivity (Wildman–Crippen MR) is 73.0 cm³/mol. The van der Waals surface area contributed by atoms with E-state index in [1.165, 1.54) is 6.07 Å². The Morgan fingerprint density at radius 2 is 2.11 bits per heavy atom. The zero-order chi connectivity index (χ0) is 13.1. The monoisotopic (exact) mass is 307 g/mol. The molecule has 1 heterocycles. The average molecular weight is 308 g/mol. The van der Waals surface area contributed by atoms with Gasteiger partial charge in [0.05, 0.1) is 23.1 Å². The van der Waals surface area contributed by atoms with Gasteiger partial charge in [-0.15, -0.1) is 0 Å². The molecule has 0 unspecified atom stereocenters. The first-order valence-corrected chi connectivity index (χ1v) is 5.86. The molecule has 5 nitrogen and oxygen atoms in total. The topological polar surface area (TPSA) is 88.2 Å². The molecule has 0 saturated heterocycles. The third-order valence-electron chi connectivity index (χ3n) is 2.26. The first kappa shape index (κ1) is 12.4. The summed E-state index contributed by atoms with van der Waals surface area (Å²) in [5.41, 5.74) is 7.41. The Morgan fingerprint density at radius 3 is 2.78 bits per heavy atom. The third kappa shape index (κ3) is 2.78. The van der Waals surface area contributed by atoms with E-state index in [0.29, 0.717) is 17.1 Å². The molecule has 0 atom stereocenters. The first-order valence-electron chi connectivity index (χ1n) is 5.06. The van der Waals surface area contributed by atoms with Crippen molar-refractivity contribution in [2.45, 2.75) is 0 Å². The van der Waals surface area contributed by atoms with Crippen LogP contribution in [0.1, 0.15) is 10.4 Å². The van der Waals surface area contributed by atoms with E-state index in [1.54, 1.807) is 30.6 Å². The summed E-state index contributed by atoms with van der Waals surface area (Å²) in [4.78, 5) is 15.1. The van der Waals surface area contributed by atoms with Crippen LogP contribution in [0.3, 0.4) is 0 Å². The van der Waals surface area contributed by atoms with E-state index in [0.717, 1.165) is 4.47 Å². The second kappa shape index (κ2) is 5.05. The van der Waals surface area contributed by atoms with Crippen LogP contribution in [-0.2, 0) is 0 Å². The molecular weight excluding hydrogens is 298 g/mol. The molecule has 0 radical (unpaired) electrons. The van der Waals surface area contributed by atoms with Crippen molar-refractivity contribution in [2.75, 3.05) is 11.1 Å². The number of nitrogens with two attached hydrogens (primary N) is 1. The van der Waals surface area contributed by atoms with Crippen LogP contribution in [0.5, 0.6) is 0 Å². The fraction of sp³-hybridized carbons (Fsp3) is 0. The van der Waals surface area contributed by atoms with E-state index in [4.69, 9.17) is 10.8 Å². The zero-order valence-corrected chi connectivity index (χ0v) is 10.8. The highest BCUT2D eigenvalue weighted by atomic mass is 79.9. The molecule has 0 aliphatic carbocycles. The molecule has 1 aromatic heterocycles. The van der Waals surface area contributed by atoms with Gasteiger partial charge in [-0.2, -0.15) is 0 Å². The number of aromatic nitrogens is 1. The summed E-state index contributed by atoms with van der Waals surface area (Å²) in [6.45, 7) is 0. The van der Waals surface area contributed by atoms with E-state index in [2.05, 4.69) is 26.2 Å². The van der Waals surface area contributed by atoms with Crippen LogP contribution in [0.15, 0.2) is 41.1 Å². The van der Waals surface area contributed by atoms with Gasteiger partial charge >= 0.3 is 5.97 Å². The van der Waals surface area contributed by atoms with Crippen molar-refractivity contribution in [1.82, 2.24) is 4.98 Å². The number of anilines is 3. The number of halogens is 1. The lowest BCUT2D eigenvalue weighted by atomic mass is 10.1. The number of carboxylic acid groups (broad SMARTS) is 1. The van der Waals surface area contributed by atoms with E-state index < -0.39 is 5.97 Å². The number of rotatable bonds is 3. The maximum atomic E-state index is 11.1. The van der Waals surface area contributed by atoms with Crippen LogP contribution in [0.2, 0.25) is 0 Å². The maximum absolute atomic E-state index is 11.1. The Kier molecular flexibility index (Phi) is 3.47. The van der Waals surface area contributed by atoms with Crippen LogP contribution in [0.25, 0.3) is 0 Å². The molecule has 0 bridgehead atoms. The minimum Gasteiger partial charge on any atom is -0.478 e. The van der Waals surface area contributed by atoms with Gasteiger partial charge in [-0.05, 0) is 40.2 Å². The average Bonchev–Trinajstić information content (AvgIpc) is 2.28. The minimum atomic E-state index is -1.01. The summed E-state index contributed by atoms with van der Waals surface area (Å²) in [6, 6.07) is 6.38. The Labute approximate surface area is 112 Å². The van der Waals surface area contributed by atoms with Crippen molar-refractivity contribution in [2.24, 2.45) is 0 Å². The van der Waals surface area contributed by atoms with Crippen molar-refractivity contribution in [3.8, 4) is 0 Å². The zero-order valence-electron chi connectivity index (χ0n) is 9.22. The van der Waals surface area contributed by atoms with Gasteiger partial charge in [0, 0.05) is 16.4 Å². The van der Waals surface area contributed by atoms with Gasteiger partial charge in [0.2, 0.25) is 0 Å². The number of nitrogens with one attached hydrogen (secondary N) is 1. The minimum absolute atomic E-state index is 0.157. The molecule has 1 aromatic carbocycles. The second-order valence-corrected chi connectivity index (χ2v) is 4.54. The molecule has 2 rings (SSSR count). The first-order chi connectivity index (χ1) is 8.56. The molecule has 0 spiro atoms. The SMILES string of the molecule is Nc1ccc(C(=O)O)c(Nc2cncc(Br)c2)c1. The molecule has 0 amide bonds. The number of nitrogens with zero attached hydrogens (tertiary/aromatic N) is 1. The van der Waals surface area contributed by atoms with Gasteiger partial charge in [0.15, 0.2) is 0 Å². The summed E-state index contributed by atoms with van der Waals surface area (Å²) >= 11 is 3.29. The van der Waals surface area contributed by atoms with Crippen LogP contribution < -0.4 is 11.1 Å². The number of hydrogen-bond donors (Lipinski definition) is 3. The molecule has 4 N–H and O–H groups in total. The van der Waals surface area contributed by atoms with Crippen LogP contribution >= 0.6 is 15.9 Å². The Bertz CT molecular complexity index is 602. The van der Waals surface area contributed by atoms with Gasteiger partial charge in [-0.25, -0.2) is 4.79 Å². The number of carboxylic acids is 1. The number of carbonyl (C=O) groups is 1. The molecule has 2 aromatic rings. The van der Waals surface area contributed by atoms with Crippen LogP contribution in [0, 0.1) is 0 Å². The Balaban J connectivity index is 2.39.